The number of halogens is 2. The van der Waals surface area contributed by atoms with Gasteiger partial charge in [0.25, 0.3) is 0 Å². The molecule has 1 aliphatic heterocycles. The molecule has 1 unspecified atom stereocenters. The van der Waals surface area contributed by atoms with E-state index in [-0.39, 0.29) is 29.4 Å². The van der Waals surface area contributed by atoms with Crippen LogP contribution >= 0.6 is 31.9 Å². The van der Waals surface area contributed by atoms with E-state index in [1.54, 1.807) is 19.9 Å². The van der Waals surface area contributed by atoms with Crippen LogP contribution in [0.3, 0.4) is 0 Å². The normalized spacial score (nSPS) is 15.9. The summed E-state index contributed by atoms with van der Waals surface area (Å²) in [5.74, 6) is -0.657. The Morgan fingerprint density at radius 1 is 1.26 bits per heavy atom. The summed E-state index contributed by atoms with van der Waals surface area (Å²) in [6, 6.07) is 15.4. The molecule has 160 valence electrons. The topological polar surface area (TPSA) is 94.6 Å². The molecule has 0 saturated heterocycles. The van der Waals surface area contributed by atoms with Crippen LogP contribution in [-0.2, 0) is 20.9 Å². The highest BCUT2D eigenvalue weighted by Crippen LogP contribution is 2.46. The third-order valence-electron chi connectivity index (χ3n) is 4.68. The van der Waals surface area contributed by atoms with E-state index < -0.39 is 11.9 Å². The molecule has 0 saturated carbocycles. The zero-order valence-corrected chi connectivity index (χ0v) is 20.1. The van der Waals surface area contributed by atoms with Gasteiger partial charge in [0, 0.05) is 10.0 Å². The van der Waals surface area contributed by atoms with Crippen LogP contribution in [0.15, 0.2) is 74.2 Å². The minimum absolute atomic E-state index is 0.0526. The number of esters is 1. The summed E-state index contributed by atoms with van der Waals surface area (Å²) in [6.07, 6.45) is 0. The first-order chi connectivity index (χ1) is 14.9. The smallest absolute Gasteiger partial charge is 0.338 e. The Morgan fingerprint density at radius 3 is 2.61 bits per heavy atom. The molecule has 0 aromatic heterocycles. The molecule has 0 aliphatic carbocycles. The second-order valence-corrected chi connectivity index (χ2v) is 8.47. The number of nitrogens with zero attached hydrogens (tertiary/aromatic N) is 1. The number of carbonyl (C=O) groups is 1. The van der Waals surface area contributed by atoms with Crippen LogP contribution in [0.5, 0.6) is 5.75 Å². The van der Waals surface area contributed by atoms with Crippen molar-refractivity contribution in [3.8, 4) is 11.8 Å². The summed E-state index contributed by atoms with van der Waals surface area (Å²) >= 11 is 7.04. The minimum atomic E-state index is -0.808. The Hall–Kier alpha value is -2.76. The summed E-state index contributed by atoms with van der Waals surface area (Å²) in [7, 11) is 0. The highest BCUT2D eigenvalue weighted by atomic mass is 79.9. The third-order valence-corrected chi connectivity index (χ3v) is 5.72. The Balaban J connectivity index is 2.16. The molecular weight excluding hydrogens is 528 g/mol. The van der Waals surface area contributed by atoms with Crippen LogP contribution in [0.25, 0.3) is 0 Å². The largest absolute Gasteiger partial charge is 0.487 e. The Labute approximate surface area is 197 Å². The minimum Gasteiger partial charge on any atom is -0.487 e. The first kappa shape index (κ1) is 22.9. The molecule has 0 bridgehead atoms. The van der Waals surface area contributed by atoms with Gasteiger partial charge in [-0.3, -0.25) is 0 Å². The van der Waals surface area contributed by atoms with Crippen molar-refractivity contribution in [3.63, 3.8) is 0 Å². The highest BCUT2D eigenvalue weighted by molar-refractivity contribution is 9.11. The molecule has 8 heteroatoms. The average molecular weight is 548 g/mol. The van der Waals surface area contributed by atoms with Crippen LogP contribution in [-0.4, -0.2) is 12.6 Å². The summed E-state index contributed by atoms with van der Waals surface area (Å²) in [5.41, 5.74) is 7.90. The van der Waals surface area contributed by atoms with Crippen molar-refractivity contribution in [2.75, 3.05) is 6.61 Å². The summed E-state index contributed by atoms with van der Waals surface area (Å²) < 4.78 is 18.3. The van der Waals surface area contributed by atoms with E-state index in [2.05, 4.69) is 37.9 Å². The van der Waals surface area contributed by atoms with Crippen molar-refractivity contribution in [2.24, 2.45) is 5.73 Å². The first-order valence-electron chi connectivity index (χ1n) is 9.48. The number of hydrogen-bond donors (Lipinski definition) is 1. The summed E-state index contributed by atoms with van der Waals surface area (Å²) in [5, 5.41) is 9.84. The standard InChI is InChI=1S/C23H20Br2N2O4/c1-3-29-23(28)19-13(2)31-22(27)17(11-26)20(19)16-9-15(24)10-18(25)21(16)30-12-14-7-5-4-6-8-14/h4-10,20H,3,12,27H2,1-2H3. The monoisotopic (exact) mass is 546 g/mol. The van der Waals surface area contributed by atoms with Gasteiger partial charge >= 0.3 is 5.97 Å². The number of nitriles is 1. The lowest BCUT2D eigenvalue weighted by molar-refractivity contribution is -0.139. The van der Waals surface area contributed by atoms with Gasteiger partial charge < -0.3 is 19.9 Å². The van der Waals surface area contributed by atoms with Crippen LogP contribution < -0.4 is 10.5 Å². The van der Waals surface area contributed by atoms with Gasteiger partial charge in [0.1, 0.15) is 29.8 Å². The van der Waals surface area contributed by atoms with Crippen molar-refractivity contribution < 1.29 is 19.0 Å². The molecule has 0 fully saturated rings. The number of carbonyl (C=O) groups excluding carboxylic acids is 1. The molecule has 3 rings (SSSR count). The first-order valence-corrected chi connectivity index (χ1v) is 11.1. The zero-order valence-electron chi connectivity index (χ0n) is 16.9. The van der Waals surface area contributed by atoms with Gasteiger partial charge in [-0.05, 0) is 47.5 Å². The molecule has 0 spiro atoms. The van der Waals surface area contributed by atoms with E-state index >= 15 is 0 Å². The lowest BCUT2D eigenvalue weighted by Gasteiger charge is -2.28. The number of ether oxygens (including phenoxy) is 3. The Bertz CT molecular complexity index is 1100. The fraction of sp³-hybridized carbons (Fsp3) is 0.217. The third kappa shape index (κ3) is 4.94. The van der Waals surface area contributed by atoms with Crippen LogP contribution in [0, 0.1) is 11.3 Å². The zero-order chi connectivity index (χ0) is 22.5. The number of nitrogens with two attached hydrogens (primary N) is 1. The van der Waals surface area contributed by atoms with E-state index in [1.807, 2.05) is 36.4 Å². The molecule has 0 radical (unpaired) electrons. The van der Waals surface area contributed by atoms with Gasteiger partial charge in [0.2, 0.25) is 5.88 Å². The molecule has 1 heterocycles. The Morgan fingerprint density at radius 2 is 1.97 bits per heavy atom. The van der Waals surface area contributed by atoms with Crippen LogP contribution in [0.4, 0.5) is 0 Å². The van der Waals surface area contributed by atoms with E-state index in [0.717, 1.165) is 10.0 Å². The maximum absolute atomic E-state index is 12.8. The van der Waals surface area contributed by atoms with Crippen LogP contribution in [0.1, 0.15) is 30.9 Å². The molecule has 1 atom stereocenters. The summed E-state index contributed by atoms with van der Waals surface area (Å²) in [6.45, 7) is 3.82. The molecule has 2 aromatic rings. The van der Waals surface area contributed by atoms with Gasteiger partial charge in [-0.25, -0.2) is 4.79 Å². The van der Waals surface area contributed by atoms with Crippen molar-refractivity contribution in [1.82, 2.24) is 0 Å². The van der Waals surface area contributed by atoms with Crippen LogP contribution in [0.2, 0.25) is 0 Å². The molecule has 0 amide bonds. The lowest BCUT2D eigenvalue weighted by atomic mass is 9.82. The van der Waals surface area contributed by atoms with Gasteiger partial charge in [0.15, 0.2) is 0 Å². The van der Waals surface area contributed by atoms with Crippen molar-refractivity contribution in [3.05, 3.63) is 85.3 Å². The second-order valence-electron chi connectivity index (χ2n) is 6.70. The molecule has 2 N–H and O–H groups in total. The molecular formula is C23H20Br2N2O4. The predicted octanol–water partition coefficient (Wildman–Crippen LogP) is 5.44. The number of rotatable bonds is 6. The van der Waals surface area contributed by atoms with E-state index in [0.29, 0.717) is 22.4 Å². The van der Waals surface area contributed by atoms with Gasteiger partial charge in [-0.1, -0.05) is 46.3 Å². The van der Waals surface area contributed by atoms with Crippen molar-refractivity contribution in [2.45, 2.75) is 26.4 Å². The average Bonchev–Trinajstić information content (AvgIpc) is 2.73. The number of hydrogen-bond acceptors (Lipinski definition) is 6. The van der Waals surface area contributed by atoms with E-state index in [4.69, 9.17) is 19.9 Å². The second kappa shape index (κ2) is 10.0. The highest BCUT2D eigenvalue weighted by Gasteiger charge is 2.38. The lowest BCUT2D eigenvalue weighted by Crippen LogP contribution is -2.26. The SMILES string of the molecule is CCOC(=O)C1=C(C)OC(N)=C(C#N)C1c1cc(Br)cc(Br)c1OCc1ccccc1. The Kier molecular flexibility index (Phi) is 7.42. The van der Waals surface area contributed by atoms with E-state index in [1.165, 1.54) is 0 Å². The fourth-order valence-electron chi connectivity index (χ4n) is 3.34. The van der Waals surface area contributed by atoms with Gasteiger partial charge in [-0.2, -0.15) is 5.26 Å². The maximum atomic E-state index is 12.8. The fourth-order valence-corrected chi connectivity index (χ4v) is 4.72. The maximum Gasteiger partial charge on any atom is 0.338 e. The predicted molar refractivity (Wildman–Crippen MR) is 123 cm³/mol. The van der Waals surface area contributed by atoms with Crippen molar-refractivity contribution in [1.29, 1.82) is 5.26 Å². The molecule has 31 heavy (non-hydrogen) atoms. The van der Waals surface area contributed by atoms with Gasteiger partial charge in [-0.15, -0.1) is 0 Å². The van der Waals surface area contributed by atoms with E-state index in [9.17, 15) is 10.1 Å². The summed E-state index contributed by atoms with van der Waals surface area (Å²) in [4.78, 5) is 12.8. The van der Waals surface area contributed by atoms with Crippen molar-refractivity contribution >= 4 is 37.8 Å². The van der Waals surface area contributed by atoms with Gasteiger partial charge in [0.05, 0.1) is 22.6 Å². The molecule has 1 aliphatic rings. The molecule has 2 aromatic carbocycles. The number of allylic oxidation sites excluding steroid dienone is 2. The quantitative estimate of drug-likeness (QED) is 0.484. The number of benzene rings is 2. The molecule has 6 nitrogen and oxygen atoms in total.